The Labute approximate surface area is 140 Å². The van der Waals surface area contributed by atoms with Crippen LogP contribution in [0.3, 0.4) is 0 Å². The highest BCUT2D eigenvalue weighted by atomic mass is 16.5. The quantitative estimate of drug-likeness (QED) is 0.668. The van der Waals surface area contributed by atoms with Gasteiger partial charge in [-0.25, -0.2) is 0 Å². The van der Waals surface area contributed by atoms with Crippen LogP contribution in [0.4, 0.5) is 5.69 Å². The molecule has 0 saturated heterocycles. The van der Waals surface area contributed by atoms with E-state index in [1.807, 2.05) is 60.7 Å². The van der Waals surface area contributed by atoms with Gasteiger partial charge >= 0.3 is 0 Å². The smallest absolute Gasteiger partial charge is 0.204 e. The highest BCUT2D eigenvalue weighted by molar-refractivity contribution is 5.83. The molecule has 0 bridgehead atoms. The normalized spacial score (nSPS) is 17.1. The SMILES string of the molecule is N#CC1=C(N)OC=C(/C=N/Nc2ccccc2)C1c1ccccc1. The lowest BCUT2D eigenvalue weighted by Crippen LogP contribution is -2.18. The molecule has 0 aliphatic carbocycles. The fourth-order valence-electron chi connectivity index (χ4n) is 2.50. The first-order chi connectivity index (χ1) is 11.8. The lowest BCUT2D eigenvalue weighted by Gasteiger charge is -2.22. The van der Waals surface area contributed by atoms with Crippen LogP contribution in [0.25, 0.3) is 0 Å². The average molecular weight is 316 g/mol. The zero-order valence-electron chi connectivity index (χ0n) is 12.9. The van der Waals surface area contributed by atoms with E-state index < -0.39 is 0 Å². The number of anilines is 1. The van der Waals surface area contributed by atoms with Crippen LogP contribution in [0.2, 0.25) is 0 Å². The minimum absolute atomic E-state index is 0.125. The summed E-state index contributed by atoms with van der Waals surface area (Å²) in [7, 11) is 0. The summed E-state index contributed by atoms with van der Waals surface area (Å²) in [6.07, 6.45) is 3.18. The number of para-hydroxylation sites is 1. The zero-order chi connectivity index (χ0) is 16.8. The molecular weight excluding hydrogens is 300 g/mol. The van der Waals surface area contributed by atoms with E-state index in [1.54, 1.807) is 6.21 Å². The predicted molar refractivity (Wildman–Crippen MR) is 93.7 cm³/mol. The number of allylic oxidation sites excluding steroid dienone is 2. The van der Waals surface area contributed by atoms with E-state index in [4.69, 9.17) is 10.5 Å². The fourth-order valence-corrected chi connectivity index (χ4v) is 2.50. The summed E-state index contributed by atoms with van der Waals surface area (Å²) in [5.74, 6) is -0.175. The van der Waals surface area contributed by atoms with Crippen LogP contribution >= 0.6 is 0 Å². The summed E-state index contributed by atoms with van der Waals surface area (Å²) in [4.78, 5) is 0. The Morgan fingerprint density at radius 3 is 2.42 bits per heavy atom. The van der Waals surface area contributed by atoms with Gasteiger partial charge in [-0.1, -0.05) is 48.5 Å². The van der Waals surface area contributed by atoms with Gasteiger partial charge in [0.2, 0.25) is 5.88 Å². The van der Waals surface area contributed by atoms with E-state index in [1.165, 1.54) is 6.26 Å². The van der Waals surface area contributed by atoms with Crippen molar-refractivity contribution in [2.24, 2.45) is 10.8 Å². The Hall–Kier alpha value is -3.52. The first-order valence-electron chi connectivity index (χ1n) is 7.45. The standard InChI is InChI=1S/C19H16N4O/c20-11-17-18(14-7-3-1-4-8-14)15(13-24-19(17)21)12-22-23-16-9-5-2-6-10-16/h1-10,12-13,18,23H,21H2/b22-12+. The summed E-state index contributed by atoms with van der Waals surface area (Å²) in [5.41, 5.74) is 11.7. The molecule has 3 N–H and O–H groups in total. The maximum Gasteiger partial charge on any atom is 0.204 e. The number of nitrogens with one attached hydrogen (secondary N) is 1. The Balaban J connectivity index is 1.87. The van der Waals surface area contributed by atoms with Crippen molar-refractivity contribution < 1.29 is 4.74 Å². The molecule has 118 valence electrons. The van der Waals surface area contributed by atoms with Crippen molar-refractivity contribution >= 4 is 11.9 Å². The summed E-state index contributed by atoms with van der Waals surface area (Å²) in [6, 6.07) is 21.4. The third kappa shape index (κ3) is 3.28. The number of hydrazone groups is 1. The summed E-state index contributed by atoms with van der Waals surface area (Å²) < 4.78 is 5.30. The number of hydrogen-bond acceptors (Lipinski definition) is 5. The van der Waals surface area contributed by atoms with E-state index in [0.29, 0.717) is 5.57 Å². The minimum atomic E-state index is -0.300. The molecule has 24 heavy (non-hydrogen) atoms. The Kier molecular flexibility index (Phi) is 4.59. The largest absolute Gasteiger partial charge is 0.448 e. The third-order valence-corrected chi connectivity index (χ3v) is 3.64. The molecule has 1 aliphatic rings. The van der Waals surface area contributed by atoms with Crippen LogP contribution in [0, 0.1) is 11.3 Å². The van der Waals surface area contributed by atoms with Crippen LogP contribution in [0.1, 0.15) is 11.5 Å². The van der Waals surface area contributed by atoms with Crippen molar-refractivity contribution in [3.05, 3.63) is 89.5 Å². The Morgan fingerprint density at radius 2 is 1.75 bits per heavy atom. The molecule has 0 radical (unpaired) electrons. The molecule has 2 aromatic carbocycles. The van der Waals surface area contributed by atoms with Gasteiger partial charge in [-0.2, -0.15) is 10.4 Å². The number of hydrogen-bond donors (Lipinski definition) is 2. The highest BCUT2D eigenvalue weighted by Gasteiger charge is 2.27. The average Bonchev–Trinajstić information content (AvgIpc) is 2.64. The van der Waals surface area contributed by atoms with Crippen molar-refractivity contribution in [3.8, 4) is 6.07 Å². The monoisotopic (exact) mass is 316 g/mol. The van der Waals surface area contributed by atoms with Gasteiger partial charge in [0, 0.05) is 5.57 Å². The van der Waals surface area contributed by atoms with E-state index in [-0.39, 0.29) is 11.8 Å². The van der Waals surface area contributed by atoms with Gasteiger partial charge < -0.3 is 10.5 Å². The molecule has 1 aliphatic heterocycles. The van der Waals surface area contributed by atoms with Crippen molar-refractivity contribution in [2.45, 2.75) is 5.92 Å². The number of rotatable bonds is 4. The topological polar surface area (TPSA) is 83.4 Å². The second-order valence-corrected chi connectivity index (χ2v) is 5.21. The van der Waals surface area contributed by atoms with Crippen molar-refractivity contribution in [3.63, 3.8) is 0 Å². The third-order valence-electron chi connectivity index (χ3n) is 3.64. The number of ether oxygens (including phenoxy) is 1. The van der Waals surface area contributed by atoms with Crippen LogP contribution in [-0.4, -0.2) is 6.21 Å². The predicted octanol–water partition coefficient (Wildman–Crippen LogP) is 3.48. The van der Waals surface area contributed by atoms with Crippen molar-refractivity contribution in [1.82, 2.24) is 0 Å². The van der Waals surface area contributed by atoms with Crippen molar-refractivity contribution in [2.75, 3.05) is 5.43 Å². The van der Waals surface area contributed by atoms with Gasteiger partial charge in [-0.3, -0.25) is 5.43 Å². The molecule has 1 heterocycles. The van der Waals surface area contributed by atoms with Crippen LogP contribution in [-0.2, 0) is 4.74 Å². The zero-order valence-corrected chi connectivity index (χ0v) is 12.9. The molecule has 0 fully saturated rings. The number of nitrogens with zero attached hydrogens (tertiary/aromatic N) is 2. The first-order valence-corrected chi connectivity index (χ1v) is 7.45. The fraction of sp³-hybridized carbons (Fsp3) is 0.0526. The summed E-state index contributed by atoms with van der Waals surface area (Å²) in [6.45, 7) is 0. The van der Waals surface area contributed by atoms with Crippen molar-refractivity contribution in [1.29, 1.82) is 5.26 Å². The summed E-state index contributed by atoms with van der Waals surface area (Å²) in [5, 5.41) is 13.7. The van der Waals surface area contributed by atoms with Crippen LogP contribution in [0.5, 0.6) is 0 Å². The second-order valence-electron chi connectivity index (χ2n) is 5.21. The number of nitriles is 1. The molecule has 0 saturated carbocycles. The van der Waals surface area contributed by atoms with Crippen LogP contribution in [0.15, 0.2) is 89.1 Å². The minimum Gasteiger partial charge on any atom is -0.448 e. The second kappa shape index (κ2) is 7.16. The molecule has 2 aromatic rings. The highest BCUT2D eigenvalue weighted by Crippen LogP contribution is 2.35. The van der Waals surface area contributed by atoms with E-state index in [0.717, 1.165) is 16.8 Å². The number of nitrogens with two attached hydrogens (primary N) is 1. The number of benzene rings is 2. The van der Waals surface area contributed by atoms with Gasteiger partial charge in [0.1, 0.15) is 11.6 Å². The molecule has 1 atom stereocenters. The van der Waals surface area contributed by atoms with E-state index in [2.05, 4.69) is 16.6 Å². The van der Waals surface area contributed by atoms with Crippen LogP contribution < -0.4 is 11.2 Å². The maximum absolute atomic E-state index is 9.46. The molecule has 1 unspecified atom stereocenters. The molecule has 0 aromatic heterocycles. The van der Waals surface area contributed by atoms with E-state index >= 15 is 0 Å². The molecule has 5 heteroatoms. The summed E-state index contributed by atoms with van der Waals surface area (Å²) >= 11 is 0. The van der Waals surface area contributed by atoms with E-state index in [9.17, 15) is 5.26 Å². The Bertz CT molecular complexity index is 833. The molecule has 0 amide bonds. The molecule has 0 spiro atoms. The molecule has 5 nitrogen and oxygen atoms in total. The van der Waals surface area contributed by atoms with Gasteiger partial charge in [-0.05, 0) is 17.7 Å². The maximum atomic E-state index is 9.46. The van der Waals surface area contributed by atoms with Gasteiger partial charge in [0.15, 0.2) is 0 Å². The van der Waals surface area contributed by atoms with Gasteiger partial charge in [0.25, 0.3) is 0 Å². The lowest BCUT2D eigenvalue weighted by molar-refractivity contribution is 0.327. The lowest BCUT2D eigenvalue weighted by atomic mass is 9.85. The molecular formula is C19H16N4O. The Morgan fingerprint density at radius 1 is 1.08 bits per heavy atom. The first kappa shape index (κ1) is 15.4. The molecule has 3 rings (SSSR count). The van der Waals surface area contributed by atoms with Gasteiger partial charge in [0.05, 0.1) is 24.1 Å². The van der Waals surface area contributed by atoms with Gasteiger partial charge in [-0.15, -0.1) is 0 Å².